The van der Waals surface area contributed by atoms with Crippen LogP contribution in [-0.4, -0.2) is 64.4 Å². The maximum atomic E-state index is 12.5. The van der Waals surface area contributed by atoms with Crippen LogP contribution >= 0.6 is 0 Å². The highest BCUT2D eigenvalue weighted by Gasteiger charge is 2.44. The number of hydrogen-bond acceptors (Lipinski definition) is 5. The van der Waals surface area contributed by atoms with Crippen molar-refractivity contribution in [1.29, 1.82) is 0 Å². The first-order chi connectivity index (χ1) is 15.7. The first-order valence-corrected chi connectivity index (χ1v) is 10.5. The molecule has 7 nitrogen and oxygen atoms in total. The van der Waals surface area contributed by atoms with Crippen molar-refractivity contribution in [3.63, 3.8) is 0 Å². The third kappa shape index (κ3) is 7.18. The van der Waals surface area contributed by atoms with Gasteiger partial charge < -0.3 is 19.5 Å². The lowest BCUT2D eigenvalue weighted by atomic mass is 9.87. The average Bonchev–Trinajstić information content (AvgIpc) is 3.17. The molecule has 2 aliphatic rings. The predicted molar refractivity (Wildman–Crippen MR) is 112 cm³/mol. The summed E-state index contributed by atoms with van der Waals surface area (Å²) in [4.78, 5) is 27.5. The molecule has 2 aromatic rings. The van der Waals surface area contributed by atoms with Crippen LogP contribution in [-0.2, 0) is 20.7 Å². The van der Waals surface area contributed by atoms with E-state index in [0.717, 1.165) is 43.7 Å². The molecular weight excluding hydrogens is 441 g/mol. The Hall–Kier alpha value is -3.14. The van der Waals surface area contributed by atoms with Crippen molar-refractivity contribution in [3.05, 3.63) is 60.4 Å². The Kier molecular flexibility index (Phi) is 7.91. The number of nitrogens with zero attached hydrogens (tertiary/aromatic N) is 2. The SMILES string of the molecule is O=C(Cc1ccccc1)N1CCC2(CC1)CC(Oc1cccnc1)CO2.O=C(O)C(F)(F)F. The van der Waals surface area contributed by atoms with Crippen molar-refractivity contribution >= 4 is 11.9 Å². The zero-order valence-electron chi connectivity index (χ0n) is 17.8. The molecule has 2 saturated heterocycles. The molecule has 1 unspecified atom stereocenters. The van der Waals surface area contributed by atoms with Crippen molar-refractivity contribution in [3.8, 4) is 5.75 Å². The van der Waals surface area contributed by atoms with E-state index in [4.69, 9.17) is 19.4 Å². The summed E-state index contributed by atoms with van der Waals surface area (Å²) in [5.41, 5.74) is 0.927. The maximum absolute atomic E-state index is 12.5. The molecule has 0 radical (unpaired) electrons. The molecule has 0 saturated carbocycles. The standard InChI is InChI=1S/C21H24N2O3.C2HF3O2/c24-20(13-17-5-2-1-3-6-17)23-11-8-21(9-12-23)14-19(16-25-21)26-18-7-4-10-22-15-18;3-2(4,5)1(6)7/h1-7,10,15,19H,8-9,11-14,16H2;(H,6,7). The lowest BCUT2D eigenvalue weighted by Gasteiger charge is -2.38. The minimum absolute atomic E-state index is 0.0609. The van der Waals surface area contributed by atoms with Crippen LogP contribution in [0.2, 0.25) is 0 Å². The Morgan fingerprint density at radius 2 is 1.82 bits per heavy atom. The molecule has 2 aliphatic heterocycles. The molecule has 1 amide bonds. The molecule has 1 aromatic heterocycles. The number of carboxylic acid groups (broad SMARTS) is 1. The van der Waals surface area contributed by atoms with Gasteiger partial charge in [0.1, 0.15) is 11.9 Å². The molecule has 2 fully saturated rings. The van der Waals surface area contributed by atoms with E-state index < -0.39 is 12.1 Å². The van der Waals surface area contributed by atoms with Crippen LogP contribution in [0.3, 0.4) is 0 Å². The van der Waals surface area contributed by atoms with E-state index >= 15 is 0 Å². The molecule has 4 rings (SSSR count). The molecule has 0 aliphatic carbocycles. The number of benzene rings is 1. The predicted octanol–water partition coefficient (Wildman–Crippen LogP) is 3.49. The highest BCUT2D eigenvalue weighted by atomic mass is 19.4. The number of aliphatic carboxylic acids is 1. The van der Waals surface area contributed by atoms with Gasteiger partial charge in [-0.3, -0.25) is 9.78 Å². The van der Waals surface area contributed by atoms with Crippen molar-refractivity contribution in [2.24, 2.45) is 0 Å². The number of halogens is 3. The zero-order chi connectivity index (χ0) is 23.9. The maximum Gasteiger partial charge on any atom is 0.490 e. The summed E-state index contributed by atoms with van der Waals surface area (Å²) < 4.78 is 43.9. The van der Waals surface area contributed by atoms with Crippen LogP contribution in [0.4, 0.5) is 13.2 Å². The van der Waals surface area contributed by atoms with Gasteiger partial charge in [-0.15, -0.1) is 0 Å². The molecule has 1 N–H and O–H groups in total. The lowest BCUT2D eigenvalue weighted by Crippen LogP contribution is -2.47. The second-order valence-corrected chi connectivity index (χ2v) is 7.97. The highest BCUT2D eigenvalue weighted by molar-refractivity contribution is 5.78. The Morgan fingerprint density at radius 3 is 2.39 bits per heavy atom. The van der Waals surface area contributed by atoms with Crippen LogP contribution in [0.1, 0.15) is 24.8 Å². The zero-order valence-corrected chi connectivity index (χ0v) is 17.8. The Bertz CT molecular complexity index is 917. The fraction of sp³-hybridized carbons (Fsp3) is 0.435. The van der Waals surface area contributed by atoms with Crippen LogP contribution in [0, 0.1) is 0 Å². The Balaban J connectivity index is 0.000000383. The van der Waals surface area contributed by atoms with Crippen molar-refractivity contribution in [2.45, 2.75) is 43.6 Å². The number of aromatic nitrogens is 1. The van der Waals surface area contributed by atoms with E-state index in [1.807, 2.05) is 47.4 Å². The largest absolute Gasteiger partial charge is 0.490 e. The van der Waals surface area contributed by atoms with Gasteiger partial charge in [0.25, 0.3) is 0 Å². The van der Waals surface area contributed by atoms with Crippen LogP contribution in [0.15, 0.2) is 54.9 Å². The molecular formula is C23H25F3N2O5. The number of carbonyl (C=O) groups excluding carboxylic acids is 1. The molecule has 178 valence electrons. The summed E-state index contributed by atoms with van der Waals surface area (Å²) in [7, 11) is 0. The van der Waals surface area contributed by atoms with E-state index in [0.29, 0.717) is 13.0 Å². The summed E-state index contributed by atoms with van der Waals surface area (Å²) in [6.45, 7) is 2.11. The van der Waals surface area contributed by atoms with Crippen LogP contribution in [0.25, 0.3) is 0 Å². The number of pyridine rings is 1. The van der Waals surface area contributed by atoms with Gasteiger partial charge in [-0.25, -0.2) is 4.79 Å². The van der Waals surface area contributed by atoms with Crippen molar-refractivity contribution in [1.82, 2.24) is 9.88 Å². The van der Waals surface area contributed by atoms with E-state index in [9.17, 15) is 18.0 Å². The molecule has 1 spiro atoms. The third-order valence-electron chi connectivity index (χ3n) is 5.58. The summed E-state index contributed by atoms with van der Waals surface area (Å²) in [6, 6.07) is 13.7. The smallest absolute Gasteiger partial charge is 0.486 e. The summed E-state index contributed by atoms with van der Waals surface area (Å²) in [5.74, 6) is -1.77. The van der Waals surface area contributed by atoms with Gasteiger partial charge >= 0.3 is 12.1 Å². The van der Waals surface area contributed by atoms with Gasteiger partial charge in [-0.2, -0.15) is 13.2 Å². The quantitative estimate of drug-likeness (QED) is 0.742. The Labute approximate surface area is 189 Å². The van der Waals surface area contributed by atoms with Gasteiger partial charge in [0, 0.05) is 25.7 Å². The van der Waals surface area contributed by atoms with Crippen LogP contribution < -0.4 is 4.74 Å². The molecule has 1 aromatic carbocycles. The molecule has 0 bridgehead atoms. The first kappa shape index (κ1) is 24.5. The number of alkyl halides is 3. The topological polar surface area (TPSA) is 89.0 Å². The number of hydrogen-bond donors (Lipinski definition) is 1. The number of carbonyl (C=O) groups is 2. The molecule has 3 heterocycles. The van der Waals surface area contributed by atoms with Gasteiger partial charge in [0.15, 0.2) is 0 Å². The highest BCUT2D eigenvalue weighted by Crippen LogP contribution is 2.37. The average molecular weight is 466 g/mol. The fourth-order valence-corrected chi connectivity index (χ4v) is 3.88. The summed E-state index contributed by atoms with van der Waals surface area (Å²) >= 11 is 0. The number of rotatable bonds is 4. The Morgan fingerprint density at radius 1 is 1.15 bits per heavy atom. The van der Waals surface area contributed by atoms with Gasteiger partial charge in [0.05, 0.1) is 24.8 Å². The summed E-state index contributed by atoms with van der Waals surface area (Å²) in [5, 5.41) is 7.12. The molecule has 10 heteroatoms. The minimum Gasteiger partial charge on any atom is -0.486 e. The second-order valence-electron chi connectivity index (χ2n) is 7.97. The number of piperidine rings is 1. The second kappa shape index (κ2) is 10.7. The molecule has 33 heavy (non-hydrogen) atoms. The minimum atomic E-state index is -5.08. The lowest BCUT2D eigenvalue weighted by molar-refractivity contribution is -0.192. The monoisotopic (exact) mass is 466 g/mol. The van der Waals surface area contributed by atoms with Gasteiger partial charge in [-0.05, 0) is 30.5 Å². The van der Waals surface area contributed by atoms with Gasteiger partial charge in [0.2, 0.25) is 5.91 Å². The third-order valence-corrected chi connectivity index (χ3v) is 5.58. The van der Waals surface area contributed by atoms with E-state index in [1.54, 1.807) is 12.4 Å². The van der Waals surface area contributed by atoms with Gasteiger partial charge in [-0.1, -0.05) is 30.3 Å². The fourth-order valence-electron chi connectivity index (χ4n) is 3.88. The van der Waals surface area contributed by atoms with Crippen molar-refractivity contribution < 1.29 is 37.3 Å². The normalized spacial score (nSPS) is 19.5. The number of amides is 1. The number of carboxylic acids is 1. The van der Waals surface area contributed by atoms with E-state index in [-0.39, 0.29) is 17.6 Å². The van der Waals surface area contributed by atoms with E-state index in [1.165, 1.54) is 0 Å². The number of ether oxygens (including phenoxy) is 2. The molecule has 1 atom stereocenters. The van der Waals surface area contributed by atoms with Crippen LogP contribution in [0.5, 0.6) is 5.75 Å². The summed E-state index contributed by atoms with van der Waals surface area (Å²) in [6.07, 6.45) is 1.55. The first-order valence-electron chi connectivity index (χ1n) is 10.5. The van der Waals surface area contributed by atoms with Crippen molar-refractivity contribution in [2.75, 3.05) is 19.7 Å². The number of likely N-dealkylation sites (tertiary alicyclic amines) is 1. The van der Waals surface area contributed by atoms with E-state index in [2.05, 4.69) is 4.98 Å².